The van der Waals surface area contributed by atoms with E-state index in [0.717, 1.165) is 12.8 Å². The maximum Gasteiger partial charge on any atom is 0.293 e. The van der Waals surface area contributed by atoms with Gasteiger partial charge in [-0.3, -0.25) is 14.3 Å². The Bertz CT molecular complexity index is 381. The van der Waals surface area contributed by atoms with Gasteiger partial charge in [0.2, 0.25) is 0 Å². The van der Waals surface area contributed by atoms with Crippen molar-refractivity contribution in [2.45, 2.75) is 51.7 Å². The zero-order valence-corrected chi connectivity index (χ0v) is 10.3. The number of nitrogens with one attached hydrogen (secondary N) is 1. The lowest BCUT2D eigenvalue weighted by Crippen LogP contribution is -2.30. The predicted octanol–water partition coefficient (Wildman–Crippen LogP) is 2.07. The molecule has 0 atom stereocenters. The zero-order chi connectivity index (χ0) is 12.3. The largest absolute Gasteiger partial charge is 0.293 e. The second kappa shape index (κ2) is 5.31. The highest BCUT2D eigenvalue weighted by atomic mass is 16.7. The third kappa shape index (κ3) is 2.85. The first-order chi connectivity index (χ1) is 8.18. The summed E-state index contributed by atoms with van der Waals surface area (Å²) in [6, 6.07) is 1.87. The Morgan fingerprint density at radius 2 is 2.24 bits per heavy atom. The molecule has 1 amide bonds. The van der Waals surface area contributed by atoms with Gasteiger partial charge in [-0.2, -0.15) is 5.10 Å². The van der Waals surface area contributed by atoms with Crippen LogP contribution in [0.3, 0.4) is 0 Å². The van der Waals surface area contributed by atoms with Crippen molar-refractivity contribution in [2.75, 3.05) is 0 Å². The van der Waals surface area contributed by atoms with Crippen molar-refractivity contribution in [1.29, 1.82) is 0 Å². The number of hydroxylamine groups is 1. The van der Waals surface area contributed by atoms with E-state index in [0.29, 0.717) is 5.69 Å². The average molecular weight is 237 g/mol. The van der Waals surface area contributed by atoms with Crippen LogP contribution in [-0.4, -0.2) is 21.8 Å². The standard InChI is InChI=1S/C12H19N3O2/c1-9(2)15-11(7-8-13-15)12(16)14-17-10-5-3-4-6-10/h7-10H,3-6H2,1-2H3,(H,14,16). The third-order valence-corrected chi connectivity index (χ3v) is 3.01. The van der Waals surface area contributed by atoms with E-state index >= 15 is 0 Å². The van der Waals surface area contributed by atoms with Crippen LogP contribution in [0.1, 0.15) is 56.1 Å². The van der Waals surface area contributed by atoms with Crippen molar-refractivity contribution in [3.05, 3.63) is 18.0 Å². The fourth-order valence-corrected chi connectivity index (χ4v) is 2.10. The molecule has 1 aromatic rings. The van der Waals surface area contributed by atoms with Gasteiger partial charge in [0.15, 0.2) is 0 Å². The number of carbonyl (C=O) groups excluding carboxylic acids is 1. The van der Waals surface area contributed by atoms with Crippen molar-refractivity contribution < 1.29 is 9.63 Å². The summed E-state index contributed by atoms with van der Waals surface area (Å²) in [4.78, 5) is 17.3. The molecule has 1 aliphatic rings. The van der Waals surface area contributed by atoms with Gasteiger partial charge in [0, 0.05) is 12.2 Å². The Balaban J connectivity index is 1.92. The second-order valence-electron chi connectivity index (χ2n) is 4.71. The molecule has 0 unspecified atom stereocenters. The van der Waals surface area contributed by atoms with Gasteiger partial charge in [0.1, 0.15) is 5.69 Å². The van der Waals surface area contributed by atoms with Gasteiger partial charge in [0.05, 0.1) is 6.10 Å². The molecule has 1 aromatic heterocycles. The van der Waals surface area contributed by atoms with Crippen molar-refractivity contribution in [2.24, 2.45) is 0 Å². The van der Waals surface area contributed by atoms with Crippen LogP contribution in [-0.2, 0) is 4.84 Å². The molecule has 1 aliphatic carbocycles. The Kier molecular flexibility index (Phi) is 3.78. The summed E-state index contributed by atoms with van der Waals surface area (Å²) >= 11 is 0. The molecule has 2 rings (SSSR count). The van der Waals surface area contributed by atoms with Gasteiger partial charge >= 0.3 is 0 Å². The summed E-state index contributed by atoms with van der Waals surface area (Å²) in [6.45, 7) is 3.98. The van der Waals surface area contributed by atoms with Gasteiger partial charge in [-0.15, -0.1) is 0 Å². The summed E-state index contributed by atoms with van der Waals surface area (Å²) < 4.78 is 1.69. The minimum absolute atomic E-state index is 0.164. The minimum atomic E-state index is -0.219. The number of carbonyl (C=O) groups is 1. The predicted molar refractivity (Wildman–Crippen MR) is 63.4 cm³/mol. The van der Waals surface area contributed by atoms with E-state index in [1.165, 1.54) is 12.8 Å². The topological polar surface area (TPSA) is 56.2 Å². The van der Waals surface area contributed by atoms with Crippen molar-refractivity contribution in [3.63, 3.8) is 0 Å². The van der Waals surface area contributed by atoms with Crippen LogP contribution in [0.2, 0.25) is 0 Å². The lowest BCUT2D eigenvalue weighted by atomic mass is 10.3. The Morgan fingerprint density at radius 1 is 1.53 bits per heavy atom. The molecule has 1 fully saturated rings. The fraction of sp³-hybridized carbons (Fsp3) is 0.667. The van der Waals surface area contributed by atoms with Crippen LogP contribution in [0.15, 0.2) is 12.3 Å². The van der Waals surface area contributed by atoms with Crippen LogP contribution in [0.25, 0.3) is 0 Å². The number of hydrogen-bond acceptors (Lipinski definition) is 3. The van der Waals surface area contributed by atoms with E-state index in [-0.39, 0.29) is 18.1 Å². The van der Waals surface area contributed by atoms with Gasteiger partial charge < -0.3 is 0 Å². The van der Waals surface area contributed by atoms with Gasteiger partial charge in [-0.05, 0) is 32.8 Å². The van der Waals surface area contributed by atoms with E-state index in [1.54, 1.807) is 16.9 Å². The van der Waals surface area contributed by atoms with Crippen LogP contribution in [0.4, 0.5) is 0 Å². The Morgan fingerprint density at radius 3 is 2.88 bits per heavy atom. The van der Waals surface area contributed by atoms with Crippen LogP contribution >= 0.6 is 0 Å². The van der Waals surface area contributed by atoms with E-state index in [1.807, 2.05) is 13.8 Å². The van der Waals surface area contributed by atoms with Crippen LogP contribution < -0.4 is 5.48 Å². The molecular weight excluding hydrogens is 218 g/mol. The number of rotatable bonds is 4. The maximum atomic E-state index is 11.9. The summed E-state index contributed by atoms with van der Waals surface area (Å²) in [5.41, 5.74) is 3.06. The average Bonchev–Trinajstić information content (AvgIpc) is 2.96. The van der Waals surface area contributed by atoms with Gasteiger partial charge in [-0.25, -0.2) is 5.48 Å². The molecule has 0 aliphatic heterocycles. The molecule has 0 spiro atoms. The van der Waals surface area contributed by atoms with Crippen molar-refractivity contribution in [3.8, 4) is 0 Å². The van der Waals surface area contributed by atoms with E-state index < -0.39 is 0 Å². The zero-order valence-electron chi connectivity index (χ0n) is 10.3. The molecular formula is C12H19N3O2. The highest BCUT2D eigenvalue weighted by molar-refractivity contribution is 5.91. The second-order valence-corrected chi connectivity index (χ2v) is 4.71. The van der Waals surface area contributed by atoms with Gasteiger partial charge in [-0.1, -0.05) is 12.8 Å². The lowest BCUT2D eigenvalue weighted by molar-refractivity contribution is -0.0131. The highest BCUT2D eigenvalue weighted by Gasteiger charge is 2.19. The van der Waals surface area contributed by atoms with E-state index in [4.69, 9.17) is 4.84 Å². The molecule has 17 heavy (non-hydrogen) atoms. The summed E-state index contributed by atoms with van der Waals surface area (Å²) in [6.07, 6.45) is 6.24. The summed E-state index contributed by atoms with van der Waals surface area (Å²) in [5.74, 6) is -0.219. The quantitative estimate of drug-likeness (QED) is 0.815. The molecule has 1 saturated carbocycles. The number of aromatic nitrogens is 2. The molecule has 1 heterocycles. The van der Waals surface area contributed by atoms with E-state index in [9.17, 15) is 4.79 Å². The first kappa shape index (κ1) is 12.1. The van der Waals surface area contributed by atoms with Crippen molar-refractivity contribution in [1.82, 2.24) is 15.3 Å². The normalized spacial score (nSPS) is 16.6. The number of amides is 1. The number of nitrogens with zero attached hydrogens (tertiary/aromatic N) is 2. The molecule has 1 N–H and O–H groups in total. The molecule has 0 bridgehead atoms. The molecule has 5 heteroatoms. The van der Waals surface area contributed by atoms with Crippen LogP contribution in [0, 0.1) is 0 Å². The Labute approximate surface area is 101 Å². The molecule has 5 nitrogen and oxygen atoms in total. The summed E-state index contributed by atoms with van der Waals surface area (Å²) in [5, 5.41) is 4.12. The highest BCUT2D eigenvalue weighted by Crippen LogP contribution is 2.20. The maximum absolute atomic E-state index is 11.9. The summed E-state index contributed by atoms with van der Waals surface area (Å²) in [7, 11) is 0. The first-order valence-electron chi connectivity index (χ1n) is 6.18. The lowest BCUT2D eigenvalue weighted by Gasteiger charge is -2.13. The minimum Gasteiger partial charge on any atom is -0.270 e. The third-order valence-electron chi connectivity index (χ3n) is 3.01. The Hall–Kier alpha value is -1.36. The molecule has 94 valence electrons. The first-order valence-corrected chi connectivity index (χ1v) is 6.18. The van der Waals surface area contributed by atoms with Crippen LogP contribution in [0.5, 0.6) is 0 Å². The number of hydrogen-bond donors (Lipinski definition) is 1. The van der Waals surface area contributed by atoms with Gasteiger partial charge in [0.25, 0.3) is 5.91 Å². The monoisotopic (exact) mass is 237 g/mol. The molecule has 0 saturated heterocycles. The smallest absolute Gasteiger partial charge is 0.270 e. The molecule has 0 radical (unpaired) electrons. The molecule has 0 aromatic carbocycles. The van der Waals surface area contributed by atoms with Crippen molar-refractivity contribution >= 4 is 5.91 Å². The SMILES string of the molecule is CC(C)n1nccc1C(=O)NOC1CCCC1. The fourth-order valence-electron chi connectivity index (χ4n) is 2.10. The van der Waals surface area contributed by atoms with E-state index in [2.05, 4.69) is 10.6 Å².